The molecule has 0 N–H and O–H groups in total. The molecule has 0 radical (unpaired) electrons. The molecule has 1 heteroatoms. The van der Waals surface area contributed by atoms with E-state index in [9.17, 15) is 0 Å². The average molecular weight is 169 g/mol. The lowest BCUT2D eigenvalue weighted by molar-refractivity contribution is 0.202. The van der Waals surface area contributed by atoms with E-state index in [4.69, 9.17) is 0 Å². The largest absolute Gasteiger partial charge is 0.300 e. The van der Waals surface area contributed by atoms with Gasteiger partial charge in [-0.3, -0.25) is 0 Å². The van der Waals surface area contributed by atoms with Crippen LogP contribution in [0, 0.1) is 11.3 Å². The highest BCUT2D eigenvalue weighted by atomic mass is 14.7. The number of rotatable bonds is 6. The predicted molar refractivity (Wildman–Crippen MR) is 56.9 cm³/mol. The molecule has 1 nitrogen and oxygen atoms in total. The van der Waals surface area contributed by atoms with E-state index >= 15 is 0 Å². The van der Waals surface area contributed by atoms with Gasteiger partial charge in [0.1, 0.15) is 0 Å². The Morgan fingerprint density at radius 3 is 2.25 bits per heavy atom. The summed E-state index contributed by atoms with van der Waals surface area (Å²) < 4.78 is 0. The van der Waals surface area contributed by atoms with E-state index in [1.807, 2.05) is 0 Å². The number of hydrogen-bond donors (Lipinski definition) is 0. The fourth-order valence-corrected chi connectivity index (χ4v) is 1.91. The summed E-state index contributed by atoms with van der Waals surface area (Å²) in [6, 6.07) is 0. The third kappa shape index (κ3) is 3.38. The number of hydrogen-bond acceptors (Lipinski definition) is 1. The third-order valence-electron chi connectivity index (χ3n) is 2.75. The van der Waals surface area contributed by atoms with Crippen LogP contribution in [-0.4, -0.2) is 13.3 Å². The molecule has 0 aromatic rings. The molecule has 0 rings (SSSR count). The van der Waals surface area contributed by atoms with E-state index in [2.05, 4.69) is 39.4 Å². The molecule has 72 valence electrons. The number of aliphatic imine (C=N–C) groups is 1. The van der Waals surface area contributed by atoms with Gasteiger partial charge in [0, 0.05) is 6.54 Å². The van der Waals surface area contributed by atoms with Crippen LogP contribution < -0.4 is 0 Å². The standard InChI is InChI=1S/C11H23N/c1-6-8-10(7-2)11(3,4)9-12-5/h10H,5-9H2,1-4H3. The zero-order valence-electron chi connectivity index (χ0n) is 9.06. The van der Waals surface area contributed by atoms with Crippen molar-refractivity contribution in [3.05, 3.63) is 0 Å². The Bertz CT molecular complexity index is 127. The van der Waals surface area contributed by atoms with Gasteiger partial charge in [-0.05, 0) is 18.1 Å². The molecule has 0 aromatic carbocycles. The summed E-state index contributed by atoms with van der Waals surface area (Å²) in [4.78, 5) is 4.01. The SMILES string of the molecule is C=NCC(C)(C)C(CC)CCC. The topological polar surface area (TPSA) is 12.4 Å². The van der Waals surface area contributed by atoms with Crippen LogP contribution >= 0.6 is 0 Å². The van der Waals surface area contributed by atoms with Crippen LogP contribution in [0.4, 0.5) is 0 Å². The minimum atomic E-state index is 0.340. The molecule has 1 atom stereocenters. The van der Waals surface area contributed by atoms with Gasteiger partial charge in [0.05, 0.1) is 0 Å². The molecule has 0 saturated carbocycles. The molecule has 12 heavy (non-hydrogen) atoms. The van der Waals surface area contributed by atoms with Crippen molar-refractivity contribution >= 4 is 6.72 Å². The smallest absolute Gasteiger partial charge is 0.0435 e. The van der Waals surface area contributed by atoms with Crippen LogP contribution in [0.1, 0.15) is 47.0 Å². The molecule has 0 bridgehead atoms. The van der Waals surface area contributed by atoms with Crippen LogP contribution in [-0.2, 0) is 0 Å². The van der Waals surface area contributed by atoms with Gasteiger partial charge in [0.25, 0.3) is 0 Å². The van der Waals surface area contributed by atoms with Gasteiger partial charge in [-0.15, -0.1) is 0 Å². The Morgan fingerprint density at radius 2 is 1.92 bits per heavy atom. The van der Waals surface area contributed by atoms with Crippen molar-refractivity contribution in [2.45, 2.75) is 47.0 Å². The first kappa shape index (κ1) is 11.7. The Labute approximate surface area is 77.3 Å². The predicted octanol–water partition coefficient (Wildman–Crippen LogP) is 3.54. The van der Waals surface area contributed by atoms with Crippen molar-refractivity contribution in [3.8, 4) is 0 Å². The van der Waals surface area contributed by atoms with Crippen molar-refractivity contribution in [2.75, 3.05) is 6.54 Å². The Hall–Kier alpha value is -0.330. The molecular formula is C11H23N. The summed E-state index contributed by atoms with van der Waals surface area (Å²) in [5, 5.41) is 0. The van der Waals surface area contributed by atoms with E-state index in [1.54, 1.807) is 0 Å². The first-order valence-corrected chi connectivity index (χ1v) is 5.01. The summed E-state index contributed by atoms with van der Waals surface area (Å²) in [7, 11) is 0. The van der Waals surface area contributed by atoms with Gasteiger partial charge < -0.3 is 4.99 Å². The second-order valence-corrected chi connectivity index (χ2v) is 4.26. The van der Waals surface area contributed by atoms with Crippen molar-refractivity contribution < 1.29 is 0 Å². The van der Waals surface area contributed by atoms with E-state index < -0.39 is 0 Å². The van der Waals surface area contributed by atoms with Gasteiger partial charge in [-0.1, -0.05) is 47.0 Å². The second kappa shape index (κ2) is 5.34. The minimum absolute atomic E-state index is 0.340. The average Bonchev–Trinajstić information content (AvgIpc) is 1.99. The zero-order valence-corrected chi connectivity index (χ0v) is 9.06. The Morgan fingerprint density at radius 1 is 1.33 bits per heavy atom. The highest BCUT2D eigenvalue weighted by molar-refractivity contribution is 5.23. The van der Waals surface area contributed by atoms with Crippen LogP contribution in [0.25, 0.3) is 0 Å². The minimum Gasteiger partial charge on any atom is -0.300 e. The second-order valence-electron chi connectivity index (χ2n) is 4.26. The number of nitrogens with zero attached hydrogens (tertiary/aromatic N) is 1. The summed E-state index contributed by atoms with van der Waals surface area (Å²) in [6.07, 6.45) is 3.86. The fourth-order valence-electron chi connectivity index (χ4n) is 1.91. The highest BCUT2D eigenvalue weighted by Gasteiger charge is 2.26. The lowest BCUT2D eigenvalue weighted by Crippen LogP contribution is -2.26. The first-order valence-electron chi connectivity index (χ1n) is 5.01. The molecule has 0 aliphatic rings. The van der Waals surface area contributed by atoms with Gasteiger partial charge in [0.2, 0.25) is 0 Å². The zero-order chi connectivity index (χ0) is 9.61. The fraction of sp³-hybridized carbons (Fsp3) is 0.909. The van der Waals surface area contributed by atoms with Crippen molar-refractivity contribution in [1.29, 1.82) is 0 Å². The lowest BCUT2D eigenvalue weighted by Gasteiger charge is -2.32. The van der Waals surface area contributed by atoms with Gasteiger partial charge in [0.15, 0.2) is 0 Å². The maximum absolute atomic E-state index is 4.01. The molecule has 0 aromatic heterocycles. The molecule has 1 unspecified atom stereocenters. The molecular weight excluding hydrogens is 146 g/mol. The van der Waals surface area contributed by atoms with Gasteiger partial charge in [-0.2, -0.15) is 0 Å². The maximum atomic E-state index is 4.01. The van der Waals surface area contributed by atoms with E-state index in [0.29, 0.717) is 5.41 Å². The van der Waals surface area contributed by atoms with Crippen LogP contribution in [0.15, 0.2) is 4.99 Å². The monoisotopic (exact) mass is 169 g/mol. The van der Waals surface area contributed by atoms with E-state index in [1.165, 1.54) is 19.3 Å². The van der Waals surface area contributed by atoms with Crippen molar-refractivity contribution in [2.24, 2.45) is 16.3 Å². The van der Waals surface area contributed by atoms with E-state index in [-0.39, 0.29) is 0 Å². The molecule has 0 spiro atoms. The van der Waals surface area contributed by atoms with Crippen molar-refractivity contribution in [1.82, 2.24) is 0 Å². The van der Waals surface area contributed by atoms with Crippen LogP contribution in [0.5, 0.6) is 0 Å². The van der Waals surface area contributed by atoms with Crippen molar-refractivity contribution in [3.63, 3.8) is 0 Å². The lowest BCUT2D eigenvalue weighted by atomic mass is 9.75. The quantitative estimate of drug-likeness (QED) is 0.539. The first-order chi connectivity index (χ1) is 5.58. The summed E-state index contributed by atoms with van der Waals surface area (Å²) in [6.45, 7) is 13.6. The summed E-state index contributed by atoms with van der Waals surface area (Å²) >= 11 is 0. The normalized spacial score (nSPS) is 14.3. The van der Waals surface area contributed by atoms with Crippen LogP contribution in [0.3, 0.4) is 0 Å². The molecule has 0 fully saturated rings. The Balaban J connectivity index is 4.14. The summed E-state index contributed by atoms with van der Waals surface area (Å²) in [5.74, 6) is 0.799. The van der Waals surface area contributed by atoms with Crippen LogP contribution in [0.2, 0.25) is 0 Å². The third-order valence-corrected chi connectivity index (χ3v) is 2.75. The molecule has 0 heterocycles. The molecule has 0 saturated heterocycles. The maximum Gasteiger partial charge on any atom is 0.0435 e. The van der Waals surface area contributed by atoms with E-state index in [0.717, 1.165) is 12.5 Å². The van der Waals surface area contributed by atoms with Gasteiger partial charge >= 0.3 is 0 Å². The highest BCUT2D eigenvalue weighted by Crippen LogP contribution is 2.33. The van der Waals surface area contributed by atoms with Gasteiger partial charge in [-0.25, -0.2) is 0 Å². The Kier molecular flexibility index (Phi) is 5.19. The molecule has 0 aliphatic heterocycles. The molecule has 0 aliphatic carbocycles. The summed E-state index contributed by atoms with van der Waals surface area (Å²) in [5.41, 5.74) is 0.340. The molecule has 0 amide bonds.